The number of carbonyl (C=O) groups excluding carboxylic acids is 1. The maximum absolute atomic E-state index is 11.5. The predicted octanol–water partition coefficient (Wildman–Crippen LogP) is 4.47. The summed E-state index contributed by atoms with van der Waals surface area (Å²) < 4.78 is 2.22. The first-order valence-electron chi connectivity index (χ1n) is 11.6. The average molecular weight is 455 g/mol. The van der Waals surface area contributed by atoms with Crippen molar-refractivity contribution in [2.24, 2.45) is 5.92 Å². The maximum Gasteiger partial charge on any atom is 0.320 e. The van der Waals surface area contributed by atoms with Gasteiger partial charge in [-0.15, -0.1) is 0 Å². The third-order valence-electron chi connectivity index (χ3n) is 5.48. The summed E-state index contributed by atoms with van der Waals surface area (Å²) in [5, 5.41) is 12.6. The van der Waals surface area contributed by atoms with Gasteiger partial charge in [-0.1, -0.05) is 39.7 Å². The SMILES string of the molecule is CCCCCn1c(C(=CN(C)C)/C=C(/C)C=O)nc2cc(CNC(C(=O)O)C(C)C)ccc21. The number of carbonyl (C=O) groups is 2. The molecule has 0 spiro atoms. The van der Waals surface area contributed by atoms with Crippen LogP contribution >= 0.6 is 0 Å². The molecular formula is C26H38N4O3. The number of allylic oxidation sites excluding steroid dienone is 3. The number of rotatable bonds is 13. The summed E-state index contributed by atoms with van der Waals surface area (Å²) in [5.41, 5.74) is 4.39. The molecule has 0 fully saturated rings. The summed E-state index contributed by atoms with van der Waals surface area (Å²) >= 11 is 0. The number of hydrogen-bond acceptors (Lipinski definition) is 5. The number of carboxylic acids is 1. The Hall–Kier alpha value is -2.93. The molecule has 0 aliphatic heterocycles. The Bertz CT molecular complexity index is 1020. The molecule has 7 heteroatoms. The number of carboxylic acid groups (broad SMARTS) is 1. The number of aromatic nitrogens is 2. The van der Waals surface area contributed by atoms with Crippen molar-refractivity contribution in [1.82, 2.24) is 19.8 Å². The quantitative estimate of drug-likeness (QED) is 0.201. The molecule has 0 amide bonds. The van der Waals surface area contributed by atoms with Crippen LogP contribution in [0.3, 0.4) is 0 Å². The normalized spacial score (nSPS) is 13.5. The van der Waals surface area contributed by atoms with E-state index in [2.05, 4.69) is 22.9 Å². The first-order valence-corrected chi connectivity index (χ1v) is 11.6. The van der Waals surface area contributed by atoms with E-state index in [9.17, 15) is 14.7 Å². The Labute approximate surface area is 197 Å². The molecule has 7 nitrogen and oxygen atoms in total. The number of benzene rings is 1. The summed E-state index contributed by atoms with van der Waals surface area (Å²) in [4.78, 5) is 29.7. The van der Waals surface area contributed by atoms with Crippen molar-refractivity contribution in [3.05, 3.63) is 47.4 Å². The minimum Gasteiger partial charge on any atom is -0.480 e. The molecule has 0 aliphatic rings. The van der Waals surface area contributed by atoms with E-state index in [-0.39, 0.29) is 5.92 Å². The van der Waals surface area contributed by atoms with Gasteiger partial charge in [0.1, 0.15) is 18.2 Å². The van der Waals surface area contributed by atoms with Gasteiger partial charge in [0.25, 0.3) is 0 Å². The molecule has 2 N–H and O–H groups in total. The van der Waals surface area contributed by atoms with Crippen molar-refractivity contribution in [3.63, 3.8) is 0 Å². The number of hydrogen-bond donors (Lipinski definition) is 2. The van der Waals surface area contributed by atoms with Crippen LogP contribution in [-0.2, 0) is 22.7 Å². The lowest BCUT2D eigenvalue weighted by atomic mass is 10.0. The number of nitrogens with one attached hydrogen (secondary N) is 1. The lowest BCUT2D eigenvalue weighted by Crippen LogP contribution is -2.40. The second kappa shape index (κ2) is 12.3. The van der Waals surface area contributed by atoms with Gasteiger partial charge in [0.2, 0.25) is 0 Å². The number of imidazole rings is 1. The first kappa shape index (κ1) is 26.3. The molecule has 0 saturated carbocycles. The predicted molar refractivity (Wildman–Crippen MR) is 134 cm³/mol. The van der Waals surface area contributed by atoms with E-state index in [0.717, 1.165) is 60.1 Å². The second-order valence-electron chi connectivity index (χ2n) is 9.11. The molecule has 1 aromatic carbocycles. The summed E-state index contributed by atoms with van der Waals surface area (Å²) in [5.74, 6) is -0.0294. The van der Waals surface area contributed by atoms with E-state index in [0.29, 0.717) is 12.1 Å². The molecule has 2 aromatic rings. The third kappa shape index (κ3) is 7.29. The van der Waals surface area contributed by atoms with E-state index in [1.807, 2.05) is 57.3 Å². The van der Waals surface area contributed by atoms with Crippen molar-refractivity contribution in [3.8, 4) is 0 Å². The fraction of sp³-hybridized carbons (Fsp3) is 0.500. The summed E-state index contributed by atoms with van der Waals surface area (Å²) in [7, 11) is 3.90. The van der Waals surface area contributed by atoms with Crippen molar-refractivity contribution in [2.75, 3.05) is 14.1 Å². The van der Waals surface area contributed by atoms with Crippen LogP contribution in [0.1, 0.15) is 58.3 Å². The molecule has 180 valence electrons. The van der Waals surface area contributed by atoms with Crippen LogP contribution in [0.2, 0.25) is 0 Å². The smallest absolute Gasteiger partial charge is 0.320 e. The molecule has 1 atom stereocenters. The number of aldehydes is 1. The lowest BCUT2D eigenvalue weighted by Gasteiger charge is -2.17. The zero-order valence-electron chi connectivity index (χ0n) is 20.8. The number of unbranched alkanes of at least 4 members (excludes halogenated alkanes) is 2. The number of aliphatic carboxylic acids is 1. The Kier molecular flexibility index (Phi) is 9.85. The second-order valence-corrected chi connectivity index (χ2v) is 9.11. The molecule has 1 aromatic heterocycles. The van der Waals surface area contributed by atoms with Crippen LogP contribution in [-0.4, -0.2) is 52.0 Å². The van der Waals surface area contributed by atoms with Crippen LogP contribution in [0.15, 0.2) is 36.0 Å². The largest absolute Gasteiger partial charge is 0.480 e. The van der Waals surface area contributed by atoms with Crippen LogP contribution in [0.25, 0.3) is 16.6 Å². The van der Waals surface area contributed by atoms with Gasteiger partial charge in [0, 0.05) is 39.0 Å². The molecule has 33 heavy (non-hydrogen) atoms. The number of nitrogens with zero attached hydrogens (tertiary/aromatic N) is 3. The van der Waals surface area contributed by atoms with E-state index < -0.39 is 12.0 Å². The summed E-state index contributed by atoms with van der Waals surface area (Å²) in [6.45, 7) is 9.05. The van der Waals surface area contributed by atoms with Crippen molar-refractivity contribution < 1.29 is 14.7 Å². The van der Waals surface area contributed by atoms with E-state index in [4.69, 9.17) is 4.98 Å². The standard InChI is InChI=1S/C26H38N4O3/c1-7-8-9-12-30-23-11-10-20(15-27-24(18(2)3)26(32)33)14-22(23)28-25(30)21(16-29(5)6)13-19(4)17-31/h10-11,13-14,16-18,24,27H,7-9,12,15H2,1-6H3,(H,32,33)/b19-13-,21-16?. The molecular weight excluding hydrogens is 416 g/mol. The van der Waals surface area contributed by atoms with Gasteiger partial charge in [-0.3, -0.25) is 9.59 Å². The minimum absolute atomic E-state index is 0.0119. The number of aryl methyl sites for hydroxylation is 1. The van der Waals surface area contributed by atoms with Crippen molar-refractivity contribution >= 4 is 28.9 Å². The Morgan fingerprint density at radius 2 is 2.00 bits per heavy atom. The fourth-order valence-corrected chi connectivity index (χ4v) is 3.80. The highest BCUT2D eigenvalue weighted by Crippen LogP contribution is 2.25. The van der Waals surface area contributed by atoms with Gasteiger partial charge in [-0.05, 0) is 48.6 Å². The topological polar surface area (TPSA) is 87.5 Å². The average Bonchev–Trinajstić information content (AvgIpc) is 3.10. The van der Waals surface area contributed by atoms with Gasteiger partial charge in [-0.25, -0.2) is 4.98 Å². The van der Waals surface area contributed by atoms with Crippen LogP contribution in [0.5, 0.6) is 0 Å². The van der Waals surface area contributed by atoms with Crippen molar-refractivity contribution in [2.45, 2.75) is 66.1 Å². The highest BCUT2D eigenvalue weighted by atomic mass is 16.4. The van der Waals surface area contributed by atoms with Crippen LogP contribution in [0, 0.1) is 5.92 Å². The van der Waals surface area contributed by atoms with Crippen molar-refractivity contribution in [1.29, 1.82) is 0 Å². The Balaban J connectivity index is 2.51. The third-order valence-corrected chi connectivity index (χ3v) is 5.48. The van der Waals surface area contributed by atoms with Gasteiger partial charge >= 0.3 is 5.97 Å². The zero-order chi connectivity index (χ0) is 24.5. The number of fused-ring (bicyclic) bond motifs is 1. The van der Waals surface area contributed by atoms with E-state index in [1.165, 1.54) is 0 Å². The highest BCUT2D eigenvalue weighted by Gasteiger charge is 2.21. The molecule has 1 unspecified atom stereocenters. The highest BCUT2D eigenvalue weighted by molar-refractivity contribution is 5.85. The lowest BCUT2D eigenvalue weighted by molar-refractivity contribution is -0.140. The molecule has 1 heterocycles. The maximum atomic E-state index is 11.5. The monoisotopic (exact) mass is 454 g/mol. The van der Waals surface area contributed by atoms with Gasteiger partial charge in [0.15, 0.2) is 0 Å². The zero-order valence-corrected chi connectivity index (χ0v) is 20.8. The van der Waals surface area contributed by atoms with E-state index in [1.54, 1.807) is 6.92 Å². The van der Waals surface area contributed by atoms with Gasteiger partial charge in [0.05, 0.1) is 11.0 Å². The van der Waals surface area contributed by atoms with Crippen LogP contribution < -0.4 is 5.32 Å². The Morgan fingerprint density at radius 3 is 2.58 bits per heavy atom. The van der Waals surface area contributed by atoms with Gasteiger partial charge in [-0.2, -0.15) is 0 Å². The molecule has 0 aliphatic carbocycles. The van der Waals surface area contributed by atoms with Crippen LogP contribution in [0.4, 0.5) is 0 Å². The minimum atomic E-state index is -0.843. The first-order chi connectivity index (χ1) is 15.7. The van der Waals surface area contributed by atoms with E-state index >= 15 is 0 Å². The molecule has 2 rings (SSSR count). The molecule has 0 bridgehead atoms. The Morgan fingerprint density at radius 1 is 1.27 bits per heavy atom. The molecule has 0 saturated heterocycles. The summed E-state index contributed by atoms with van der Waals surface area (Å²) in [6.07, 6.45) is 8.00. The fourth-order valence-electron chi connectivity index (χ4n) is 3.80. The van der Waals surface area contributed by atoms with Gasteiger partial charge < -0.3 is 19.9 Å². The molecule has 0 radical (unpaired) electrons. The summed E-state index contributed by atoms with van der Waals surface area (Å²) in [6, 6.07) is 5.50.